The molecule has 0 fully saturated rings. The zero-order chi connectivity index (χ0) is 13.1. The molecule has 4 nitrogen and oxygen atoms in total. The first-order chi connectivity index (χ1) is 9.36. The minimum absolute atomic E-state index is 0.670. The van der Waals surface area contributed by atoms with Crippen LogP contribution in [0.1, 0.15) is 5.56 Å². The number of rotatable bonds is 4. The standard InChI is InChI=1S/C15H15N3O/c1-19-14-9-5-2-6-11(14)10-16-15-17-12-7-3-4-8-13(12)18-15/h2-9H,10H2,1H3,(H2,16,17,18). The summed E-state index contributed by atoms with van der Waals surface area (Å²) in [7, 11) is 1.68. The highest BCUT2D eigenvalue weighted by molar-refractivity contribution is 5.77. The van der Waals surface area contributed by atoms with Crippen molar-refractivity contribution in [3.63, 3.8) is 0 Å². The lowest BCUT2D eigenvalue weighted by Crippen LogP contribution is -2.02. The summed E-state index contributed by atoms with van der Waals surface area (Å²) < 4.78 is 5.32. The first-order valence-corrected chi connectivity index (χ1v) is 6.17. The maximum atomic E-state index is 5.32. The summed E-state index contributed by atoms with van der Waals surface area (Å²) in [6.07, 6.45) is 0. The van der Waals surface area contributed by atoms with Gasteiger partial charge in [-0.15, -0.1) is 0 Å². The number of imidazole rings is 1. The number of fused-ring (bicyclic) bond motifs is 1. The minimum Gasteiger partial charge on any atom is -0.496 e. The number of para-hydroxylation sites is 3. The Morgan fingerprint density at radius 1 is 1.11 bits per heavy atom. The highest BCUT2D eigenvalue weighted by atomic mass is 16.5. The number of anilines is 1. The lowest BCUT2D eigenvalue weighted by atomic mass is 10.2. The average molecular weight is 253 g/mol. The monoisotopic (exact) mass is 253 g/mol. The van der Waals surface area contributed by atoms with Crippen LogP contribution in [-0.4, -0.2) is 17.1 Å². The van der Waals surface area contributed by atoms with Crippen LogP contribution < -0.4 is 10.1 Å². The maximum absolute atomic E-state index is 5.32. The Bertz CT molecular complexity index is 657. The number of aromatic nitrogens is 2. The van der Waals surface area contributed by atoms with Crippen molar-refractivity contribution in [1.29, 1.82) is 0 Å². The highest BCUT2D eigenvalue weighted by Crippen LogP contribution is 2.19. The molecule has 0 saturated heterocycles. The summed E-state index contributed by atoms with van der Waals surface area (Å²) >= 11 is 0. The Balaban J connectivity index is 1.78. The molecule has 0 saturated carbocycles. The molecule has 1 heterocycles. The van der Waals surface area contributed by atoms with Crippen LogP contribution in [0.25, 0.3) is 11.0 Å². The molecule has 0 unspecified atom stereocenters. The summed E-state index contributed by atoms with van der Waals surface area (Å²) in [6, 6.07) is 15.9. The number of H-pyrrole nitrogens is 1. The topological polar surface area (TPSA) is 49.9 Å². The molecule has 0 amide bonds. The molecule has 3 rings (SSSR count). The summed E-state index contributed by atoms with van der Waals surface area (Å²) in [5.74, 6) is 1.65. The van der Waals surface area contributed by atoms with E-state index in [1.807, 2.05) is 48.5 Å². The van der Waals surface area contributed by atoms with Gasteiger partial charge in [0.25, 0.3) is 0 Å². The van der Waals surface area contributed by atoms with Crippen molar-refractivity contribution in [1.82, 2.24) is 9.97 Å². The second kappa shape index (κ2) is 5.02. The highest BCUT2D eigenvalue weighted by Gasteiger charge is 2.04. The van der Waals surface area contributed by atoms with E-state index in [1.165, 1.54) is 0 Å². The smallest absolute Gasteiger partial charge is 0.201 e. The molecule has 2 aromatic carbocycles. The quantitative estimate of drug-likeness (QED) is 0.750. The van der Waals surface area contributed by atoms with Crippen molar-refractivity contribution >= 4 is 17.0 Å². The lowest BCUT2D eigenvalue weighted by Gasteiger charge is -2.08. The third kappa shape index (κ3) is 2.38. The minimum atomic E-state index is 0.670. The summed E-state index contributed by atoms with van der Waals surface area (Å²) in [4.78, 5) is 7.72. The van der Waals surface area contributed by atoms with Gasteiger partial charge in [0.05, 0.1) is 18.1 Å². The van der Waals surface area contributed by atoms with Crippen LogP contribution in [0.2, 0.25) is 0 Å². The molecule has 2 N–H and O–H groups in total. The summed E-state index contributed by atoms with van der Waals surface area (Å²) in [5.41, 5.74) is 3.10. The third-order valence-electron chi connectivity index (χ3n) is 3.03. The SMILES string of the molecule is COc1ccccc1CNc1nc2ccccc2[nH]1. The molecule has 3 aromatic rings. The van der Waals surface area contributed by atoms with Crippen molar-refractivity contribution in [3.05, 3.63) is 54.1 Å². The predicted molar refractivity (Wildman–Crippen MR) is 76.4 cm³/mol. The van der Waals surface area contributed by atoms with E-state index in [0.29, 0.717) is 6.54 Å². The number of nitrogens with one attached hydrogen (secondary N) is 2. The van der Waals surface area contributed by atoms with Crippen molar-refractivity contribution < 1.29 is 4.74 Å². The molecule has 0 atom stereocenters. The van der Waals surface area contributed by atoms with Gasteiger partial charge in [0, 0.05) is 12.1 Å². The summed E-state index contributed by atoms with van der Waals surface area (Å²) in [6.45, 7) is 0.670. The van der Waals surface area contributed by atoms with E-state index in [1.54, 1.807) is 7.11 Å². The van der Waals surface area contributed by atoms with Crippen LogP contribution in [0.4, 0.5) is 5.95 Å². The summed E-state index contributed by atoms with van der Waals surface area (Å²) in [5, 5.41) is 3.28. The van der Waals surface area contributed by atoms with E-state index in [2.05, 4.69) is 15.3 Å². The average Bonchev–Trinajstić information content (AvgIpc) is 2.88. The fourth-order valence-electron chi connectivity index (χ4n) is 2.06. The molecule has 0 spiro atoms. The maximum Gasteiger partial charge on any atom is 0.201 e. The molecular formula is C15H15N3O. The number of methoxy groups -OCH3 is 1. The number of aromatic amines is 1. The molecule has 0 aliphatic carbocycles. The van der Waals surface area contributed by atoms with E-state index in [-0.39, 0.29) is 0 Å². The number of nitrogens with zero attached hydrogens (tertiary/aromatic N) is 1. The molecule has 1 aromatic heterocycles. The van der Waals surface area contributed by atoms with E-state index < -0.39 is 0 Å². The van der Waals surface area contributed by atoms with E-state index in [0.717, 1.165) is 28.3 Å². The zero-order valence-corrected chi connectivity index (χ0v) is 10.7. The van der Waals surface area contributed by atoms with Gasteiger partial charge in [0.15, 0.2) is 0 Å². The Labute approximate surface area is 111 Å². The van der Waals surface area contributed by atoms with Crippen LogP contribution in [0.15, 0.2) is 48.5 Å². The molecule has 0 aliphatic rings. The van der Waals surface area contributed by atoms with E-state index in [4.69, 9.17) is 4.74 Å². The normalized spacial score (nSPS) is 10.6. The van der Waals surface area contributed by atoms with Gasteiger partial charge in [0.1, 0.15) is 5.75 Å². The van der Waals surface area contributed by atoms with Crippen LogP contribution in [0.3, 0.4) is 0 Å². The second-order valence-corrected chi connectivity index (χ2v) is 4.27. The Morgan fingerprint density at radius 2 is 1.89 bits per heavy atom. The van der Waals surface area contributed by atoms with Crippen LogP contribution in [0, 0.1) is 0 Å². The molecule has 96 valence electrons. The van der Waals surface area contributed by atoms with Crippen molar-refractivity contribution in [2.24, 2.45) is 0 Å². The number of benzene rings is 2. The van der Waals surface area contributed by atoms with Crippen LogP contribution in [0.5, 0.6) is 5.75 Å². The Hall–Kier alpha value is -2.49. The lowest BCUT2D eigenvalue weighted by molar-refractivity contribution is 0.410. The Kier molecular flexibility index (Phi) is 3.06. The van der Waals surface area contributed by atoms with Gasteiger partial charge < -0.3 is 15.0 Å². The molecule has 4 heteroatoms. The van der Waals surface area contributed by atoms with E-state index in [9.17, 15) is 0 Å². The number of ether oxygens (including phenoxy) is 1. The molecule has 0 aliphatic heterocycles. The van der Waals surface area contributed by atoms with Gasteiger partial charge in [-0.05, 0) is 18.2 Å². The van der Waals surface area contributed by atoms with E-state index >= 15 is 0 Å². The van der Waals surface area contributed by atoms with Gasteiger partial charge >= 0.3 is 0 Å². The zero-order valence-electron chi connectivity index (χ0n) is 10.7. The van der Waals surface area contributed by atoms with Crippen molar-refractivity contribution in [2.75, 3.05) is 12.4 Å². The van der Waals surface area contributed by atoms with Gasteiger partial charge in [0.2, 0.25) is 5.95 Å². The number of hydrogen-bond donors (Lipinski definition) is 2. The fourth-order valence-corrected chi connectivity index (χ4v) is 2.06. The molecule has 19 heavy (non-hydrogen) atoms. The van der Waals surface area contributed by atoms with Crippen LogP contribution >= 0.6 is 0 Å². The molecule has 0 bridgehead atoms. The third-order valence-corrected chi connectivity index (χ3v) is 3.03. The second-order valence-electron chi connectivity index (χ2n) is 4.27. The van der Waals surface area contributed by atoms with Gasteiger partial charge in [-0.2, -0.15) is 0 Å². The van der Waals surface area contributed by atoms with Gasteiger partial charge in [-0.1, -0.05) is 30.3 Å². The predicted octanol–water partition coefficient (Wildman–Crippen LogP) is 3.18. The van der Waals surface area contributed by atoms with Crippen molar-refractivity contribution in [2.45, 2.75) is 6.54 Å². The van der Waals surface area contributed by atoms with Crippen LogP contribution in [-0.2, 0) is 6.54 Å². The molecular weight excluding hydrogens is 238 g/mol. The fraction of sp³-hybridized carbons (Fsp3) is 0.133. The largest absolute Gasteiger partial charge is 0.496 e. The van der Waals surface area contributed by atoms with Gasteiger partial charge in [-0.3, -0.25) is 0 Å². The number of hydrogen-bond acceptors (Lipinski definition) is 3. The Morgan fingerprint density at radius 3 is 2.74 bits per heavy atom. The first kappa shape index (κ1) is 11.6. The first-order valence-electron chi connectivity index (χ1n) is 6.17. The molecule has 0 radical (unpaired) electrons. The van der Waals surface area contributed by atoms with Gasteiger partial charge in [-0.25, -0.2) is 4.98 Å². The van der Waals surface area contributed by atoms with Crippen molar-refractivity contribution in [3.8, 4) is 5.75 Å².